The van der Waals surface area contributed by atoms with Crippen LogP contribution in [-0.4, -0.2) is 44.0 Å². The number of carbonyl (C=O) groups excluding carboxylic acids is 1. The summed E-state index contributed by atoms with van der Waals surface area (Å²) >= 11 is 12.1. The largest absolute Gasteiger partial charge is 0.494 e. The first-order valence-corrected chi connectivity index (χ1v) is 10.9. The molecule has 3 N–H and O–H groups in total. The van der Waals surface area contributed by atoms with Crippen molar-refractivity contribution < 1.29 is 14.6 Å². The van der Waals surface area contributed by atoms with Crippen LogP contribution in [0, 0.1) is 0 Å². The number of nitrogens with zero attached hydrogens (tertiary/aromatic N) is 1. The summed E-state index contributed by atoms with van der Waals surface area (Å²) in [5.74, 6) is 0.665. The number of fused-ring (bicyclic) bond motifs is 1. The highest BCUT2D eigenvalue weighted by atomic mass is 35.5. The Kier molecular flexibility index (Phi) is 8.63. The van der Waals surface area contributed by atoms with Gasteiger partial charge in [-0.1, -0.05) is 35.3 Å². The third-order valence-corrected chi connectivity index (χ3v) is 5.80. The topological polar surface area (TPSA) is 73.8 Å². The van der Waals surface area contributed by atoms with E-state index in [1.54, 1.807) is 6.07 Å². The predicted molar refractivity (Wildman–Crippen MR) is 122 cm³/mol. The van der Waals surface area contributed by atoms with E-state index in [4.69, 9.17) is 27.9 Å². The molecule has 1 aliphatic heterocycles. The molecule has 0 saturated carbocycles. The van der Waals surface area contributed by atoms with Crippen LogP contribution in [0.3, 0.4) is 0 Å². The first-order chi connectivity index (χ1) is 14.6. The number of amides is 1. The van der Waals surface area contributed by atoms with Crippen molar-refractivity contribution in [2.45, 2.75) is 25.7 Å². The monoisotopic (exact) mass is 451 g/mol. The highest BCUT2D eigenvalue weighted by Gasteiger charge is 2.23. The zero-order chi connectivity index (χ0) is 21.3. The van der Waals surface area contributed by atoms with Crippen molar-refractivity contribution in [2.75, 3.05) is 43.2 Å². The Morgan fingerprint density at radius 1 is 1.07 bits per heavy atom. The van der Waals surface area contributed by atoms with Crippen LogP contribution in [0.2, 0.25) is 10.0 Å². The van der Waals surface area contributed by atoms with Crippen LogP contribution >= 0.6 is 23.2 Å². The van der Waals surface area contributed by atoms with Gasteiger partial charge >= 0.3 is 0 Å². The van der Waals surface area contributed by atoms with Crippen molar-refractivity contribution in [2.24, 2.45) is 0 Å². The van der Waals surface area contributed by atoms with Crippen LogP contribution in [0.5, 0.6) is 5.75 Å². The molecule has 8 heteroatoms. The maximum Gasteiger partial charge on any atom is 0.229 e. The number of halogens is 2. The van der Waals surface area contributed by atoms with Crippen LogP contribution in [0.1, 0.15) is 24.8 Å². The minimum absolute atomic E-state index is 0.0552. The number of aliphatic hydroxyl groups is 1. The SMILES string of the molecule is O=C1CCc2ccc(OCCCCNCCNc3cccc(Cl)c3Cl)cc2N1CO. The van der Waals surface area contributed by atoms with Crippen molar-refractivity contribution in [1.82, 2.24) is 5.32 Å². The van der Waals surface area contributed by atoms with Crippen molar-refractivity contribution in [1.29, 1.82) is 0 Å². The zero-order valence-electron chi connectivity index (χ0n) is 16.8. The molecule has 0 spiro atoms. The fraction of sp³-hybridized carbons (Fsp3) is 0.409. The van der Waals surface area contributed by atoms with Gasteiger partial charge < -0.3 is 20.5 Å². The number of nitrogens with one attached hydrogen (secondary N) is 2. The Labute approximate surface area is 187 Å². The summed E-state index contributed by atoms with van der Waals surface area (Å²) in [7, 11) is 0. The third-order valence-electron chi connectivity index (χ3n) is 4.98. The van der Waals surface area contributed by atoms with Gasteiger partial charge in [-0.15, -0.1) is 0 Å². The van der Waals surface area contributed by atoms with Crippen LogP contribution in [0.25, 0.3) is 0 Å². The molecule has 2 aromatic rings. The summed E-state index contributed by atoms with van der Waals surface area (Å²) in [6, 6.07) is 11.3. The average molecular weight is 452 g/mol. The van der Waals surface area contributed by atoms with Crippen molar-refractivity contribution >= 4 is 40.5 Å². The summed E-state index contributed by atoms with van der Waals surface area (Å²) in [5.41, 5.74) is 2.65. The molecule has 2 aromatic carbocycles. The molecule has 0 unspecified atom stereocenters. The van der Waals surface area contributed by atoms with E-state index < -0.39 is 0 Å². The Balaban J connectivity index is 1.30. The molecule has 1 heterocycles. The number of unbranched alkanes of at least 4 members (excludes halogenated alkanes) is 1. The second-order valence-corrected chi connectivity index (χ2v) is 7.87. The molecule has 0 aliphatic carbocycles. The fourth-order valence-corrected chi connectivity index (χ4v) is 3.72. The van der Waals surface area contributed by atoms with Gasteiger partial charge in [-0.2, -0.15) is 0 Å². The number of carbonyl (C=O) groups is 1. The zero-order valence-corrected chi connectivity index (χ0v) is 18.3. The molecule has 0 radical (unpaired) electrons. The Hall–Kier alpha value is -1.99. The molecule has 1 amide bonds. The number of rotatable bonds is 11. The number of ether oxygens (including phenoxy) is 1. The van der Waals surface area contributed by atoms with E-state index in [1.165, 1.54) is 4.90 Å². The Bertz CT molecular complexity index is 864. The van der Waals surface area contributed by atoms with E-state index in [9.17, 15) is 9.90 Å². The Morgan fingerprint density at radius 2 is 1.93 bits per heavy atom. The van der Waals surface area contributed by atoms with E-state index in [-0.39, 0.29) is 12.6 Å². The fourth-order valence-electron chi connectivity index (χ4n) is 3.36. The van der Waals surface area contributed by atoms with Crippen molar-refractivity contribution in [3.05, 3.63) is 52.0 Å². The van der Waals surface area contributed by atoms with Crippen LogP contribution < -0.4 is 20.3 Å². The molecule has 1 aliphatic rings. The lowest BCUT2D eigenvalue weighted by molar-refractivity contribution is -0.119. The van der Waals surface area contributed by atoms with E-state index in [0.717, 1.165) is 55.2 Å². The van der Waals surface area contributed by atoms with Gasteiger partial charge in [0.2, 0.25) is 5.91 Å². The number of benzene rings is 2. The van der Waals surface area contributed by atoms with Crippen LogP contribution in [-0.2, 0) is 11.2 Å². The predicted octanol–water partition coefficient (Wildman–Crippen LogP) is 4.08. The Morgan fingerprint density at radius 3 is 2.77 bits per heavy atom. The summed E-state index contributed by atoms with van der Waals surface area (Å²) in [5, 5.41) is 17.2. The number of aliphatic hydroxyl groups excluding tert-OH is 1. The van der Waals surface area contributed by atoms with Gasteiger partial charge in [0, 0.05) is 25.6 Å². The third kappa shape index (κ3) is 6.01. The summed E-state index contributed by atoms with van der Waals surface area (Å²) < 4.78 is 5.82. The molecule has 3 rings (SSSR count). The van der Waals surface area contributed by atoms with Gasteiger partial charge in [0.1, 0.15) is 12.5 Å². The lowest BCUT2D eigenvalue weighted by Gasteiger charge is -2.27. The maximum absolute atomic E-state index is 11.9. The molecule has 162 valence electrons. The van der Waals surface area contributed by atoms with E-state index >= 15 is 0 Å². The smallest absolute Gasteiger partial charge is 0.229 e. The molecular formula is C22H27Cl2N3O3. The standard InChI is InChI=1S/C22H27Cl2N3O3/c23-18-4-3-5-19(22(18)24)26-12-11-25-10-1-2-13-30-17-8-6-16-7-9-21(29)27(15-28)20(16)14-17/h3-6,8,14,25-26,28H,1-2,7,9-13,15H2. The van der Waals surface area contributed by atoms with Gasteiger partial charge in [0.25, 0.3) is 0 Å². The number of anilines is 2. The molecule has 0 fully saturated rings. The normalized spacial score (nSPS) is 13.3. The van der Waals surface area contributed by atoms with Gasteiger partial charge in [-0.25, -0.2) is 0 Å². The van der Waals surface area contributed by atoms with Crippen LogP contribution in [0.15, 0.2) is 36.4 Å². The molecule has 30 heavy (non-hydrogen) atoms. The second-order valence-electron chi connectivity index (χ2n) is 7.09. The van der Waals surface area contributed by atoms with E-state index in [0.29, 0.717) is 29.5 Å². The first kappa shape index (κ1) is 22.7. The molecule has 0 bridgehead atoms. The molecule has 0 atom stereocenters. The lowest BCUT2D eigenvalue weighted by atomic mass is 10.0. The van der Waals surface area contributed by atoms with Crippen molar-refractivity contribution in [3.8, 4) is 5.75 Å². The highest BCUT2D eigenvalue weighted by molar-refractivity contribution is 6.43. The quantitative estimate of drug-likeness (QED) is 0.448. The van der Waals surface area contributed by atoms with Gasteiger partial charge in [0.05, 0.1) is 28.0 Å². The summed E-state index contributed by atoms with van der Waals surface area (Å²) in [6.45, 7) is 2.76. The van der Waals surface area contributed by atoms with Gasteiger partial charge in [0.15, 0.2) is 0 Å². The second kappa shape index (κ2) is 11.4. The minimum Gasteiger partial charge on any atom is -0.494 e. The first-order valence-electron chi connectivity index (χ1n) is 10.2. The summed E-state index contributed by atoms with van der Waals surface area (Å²) in [6.07, 6.45) is 3.04. The van der Waals surface area contributed by atoms with Gasteiger partial charge in [-0.05, 0) is 49.6 Å². The molecular weight excluding hydrogens is 425 g/mol. The van der Waals surface area contributed by atoms with Gasteiger partial charge in [-0.3, -0.25) is 9.69 Å². The van der Waals surface area contributed by atoms with Crippen molar-refractivity contribution in [3.63, 3.8) is 0 Å². The highest BCUT2D eigenvalue weighted by Crippen LogP contribution is 2.31. The lowest BCUT2D eigenvalue weighted by Crippen LogP contribution is -2.35. The van der Waals surface area contributed by atoms with Crippen LogP contribution in [0.4, 0.5) is 11.4 Å². The minimum atomic E-state index is -0.306. The number of aryl methyl sites for hydroxylation is 1. The van der Waals surface area contributed by atoms with E-state index in [2.05, 4.69) is 10.6 Å². The molecule has 0 aromatic heterocycles. The molecule has 0 saturated heterocycles. The number of hydrogen-bond acceptors (Lipinski definition) is 5. The average Bonchev–Trinajstić information content (AvgIpc) is 2.75. The number of hydrogen-bond donors (Lipinski definition) is 3. The van der Waals surface area contributed by atoms with E-state index in [1.807, 2.05) is 30.3 Å². The summed E-state index contributed by atoms with van der Waals surface area (Å²) in [4.78, 5) is 13.3. The maximum atomic E-state index is 11.9. The molecule has 6 nitrogen and oxygen atoms in total.